The Kier molecular flexibility index (Phi) is 7.27. The Labute approximate surface area is 186 Å². The fraction of sp³-hybridized carbons (Fsp3) is 0.292. The number of carbonyl (C=O) groups excluding carboxylic acids is 1. The Balaban J connectivity index is 2.02. The van der Waals surface area contributed by atoms with E-state index in [-0.39, 0.29) is 23.4 Å². The standard InChI is InChI=1S/C24H26F2N4O2/c1-14(2)24(32)30(4)19-10-16(20-6-5-18(25)12-21(20)26)9-17(11-19)23(31)29-15(3)22-13-27-7-8-28-22/h5-15,23,29,31H,1-4H3. The van der Waals surface area contributed by atoms with Gasteiger partial charge in [0.1, 0.15) is 17.9 Å². The van der Waals surface area contributed by atoms with E-state index in [4.69, 9.17) is 0 Å². The molecule has 0 saturated carbocycles. The molecule has 1 amide bonds. The van der Waals surface area contributed by atoms with Crippen LogP contribution in [0.25, 0.3) is 11.1 Å². The molecule has 0 saturated heterocycles. The van der Waals surface area contributed by atoms with Gasteiger partial charge in [-0.25, -0.2) is 8.78 Å². The van der Waals surface area contributed by atoms with E-state index >= 15 is 0 Å². The van der Waals surface area contributed by atoms with Crippen LogP contribution in [0.3, 0.4) is 0 Å². The highest BCUT2D eigenvalue weighted by atomic mass is 19.1. The van der Waals surface area contributed by atoms with Crippen LogP contribution in [0.4, 0.5) is 14.5 Å². The zero-order chi connectivity index (χ0) is 23.4. The molecular weight excluding hydrogens is 414 g/mol. The van der Waals surface area contributed by atoms with Crippen LogP contribution in [0, 0.1) is 17.6 Å². The fourth-order valence-electron chi connectivity index (χ4n) is 3.33. The van der Waals surface area contributed by atoms with Gasteiger partial charge in [-0.3, -0.25) is 20.1 Å². The molecule has 3 aromatic rings. The molecule has 8 heteroatoms. The predicted molar refractivity (Wildman–Crippen MR) is 119 cm³/mol. The van der Waals surface area contributed by atoms with Crippen LogP contribution < -0.4 is 10.2 Å². The fourth-order valence-corrected chi connectivity index (χ4v) is 3.33. The van der Waals surface area contributed by atoms with Gasteiger partial charge in [0.05, 0.1) is 11.7 Å². The maximum Gasteiger partial charge on any atom is 0.229 e. The molecule has 0 radical (unpaired) electrons. The molecule has 1 heterocycles. The van der Waals surface area contributed by atoms with Crippen LogP contribution in [0.15, 0.2) is 55.0 Å². The van der Waals surface area contributed by atoms with Crippen LogP contribution >= 0.6 is 0 Å². The Morgan fingerprint density at radius 3 is 2.47 bits per heavy atom. The lowest BCUT2D eigenvalue weighted by Crippen LogP contribution is -2.31. The molecular formula is C24H26F2N4O2. The number of aliphatic hydroxyl groups is 1. The number of benzene rings is 2. The van der Waals surface area contributed by atoms with E-state index in [1.807, 2.05) is 6.92 Å². The SMILES string of the molecule is CC(C)C(=O)N(C)c1cc(-c2ccc(F)cc2F)cc(C(O)NC(C)c2cnccn2)c1. The molecule has 168 valence electrons. The molecule has 0 aliphatic carbocycles. The third-order valence-electron chi connectivity index (χ3n) is 5.14. The number of hydrogen-bond donors (Lipinski definition) is 2. The predicted octanol–water partition coefficient (Wildman–Crippen LogP) is 4.38. The summed E-state index contributed by atoms with van der Waals surface area (Å²) in [5, 5.41) is 13.9. The Morgan fingerprint density at radius 2 is 1.84 bits per heavy atom. The van der Waals surface area contributed by atoms with Gasteiger partial charge in [-0.15, -0.1) is 0 Å². The van der Waals surface area contributed by atoms with Crippen LogP contribution in [0.5, 0.6) is 0 Å². The molecule has 6 nitrogen and oxygen atoms in total. The second-order valence-corrected chi connectivity index (χ2v) is 7.91. The van der Waals surface area contributed by atoms with Crippen molar-refractivity contribution in [3.8, 4) is 11.1 Å². The maximum absolute atomic E-state index is 14.5. The molecule has 2 N–H and O–H groups in total. The summed E-state index contributed by atoms with van der Waals surface area (Å²) in [7, 11) is 1.62. The van der Waals surface area contributed by atoms with Crippen LogP contribution in [-0.2, 0) is 4.79 Å². The first-order chi connectivity index (χ1) is 15.2. The normalized spacial score (nSPS) is 13.1. The number of anilines is 1. The Hall–Kier alpha value is -3.23. The lowest BCUT2D eigenvalue weighted by Gasteiger charge is -2.24. The quantitative estimate of drug-likeness (QED) is 0.533. The second kappa shape index (κ2) is 9.93. The number of nitrogens with one attached hydrogen (secondary N) is 1. The highest BCUT2D eigenvalue weighted by Crippen LogP contribution is 2.31. The highest BCUT2D eigenvalue weighted by molar-refractivity contribution is 5.95. The molecule has 0 aliphatic heterocycles. The minimum atomic E-state index is -1.14. The minimum Gasteiger partial charge on any atom is -0.374 e. The number of rotatable bonds is 7. The molecule has 0 aliphatic rings. The number of aromatic nitrogens is 2. The smallest absolute Gasteiger partial charge is 0.229 e. The van der Waals surface area contributed by atoms with E-state index in [1.54, 1.807) is 57.7 Å². The Bertz CT molecular complexity index is 1090. The van der Waals surface area contributed by atoms with Gasteiger partial charge in [0, 0.05) is 48.9 Å². The molecule has 0 fully saturated rings. The molecule has 0 spiro atoms. The summed E-state index contributed by atoms with van der Waals surface area (Å²) in [4.78, 5) is 22.3. The minimum absolute atomic E-state index is 0.136. The molecule has 32 heavy (non-hydrogen) atoms. The van der Waals surface area contributed by atoms with E-state index in [2.05, 4.69) is 15.3 Å². The zero-order valence-corrected chi connectivity index (χ0v) is 18.4. The Morgan fingerprint density at radius 1 is 1.09 bits per heavy atom. The summed E-state index contributed by atoms with van der Waals surface area (Å²) in [6.45, 7) is 5.39. The highest BCUT2D eigenvalue weighted by Gasteiger charge is 2.20. The summed E-state index contributed by atoms with van der Waals surface area (Å²) in [6, 6.07) is 7.87. The number of halogens is 2. The van der Waals surface area contributed by atoms with Gasteiger partial charge in [0.25, 0.3) is 0 Å². The second-order valence-electron chi connectivity index (χ2n) is 7.91. The lowest BCUT2D eigenvalue weighted by atomic mass is 9.99. The van der Waals surface area contributed by atoms with Crippen molar-refractivity contribution in [1.82, 2.24) is 15.3 Å². The van der Waals surface area contributed by atoms with E-state index in [9.17, 15) is 18.7 Å². The summed E-state index contributed by atoms with van der Waals surface area (Å²) >= 11 is 0. The average Bonchev–Trinajstić information content (AvgIpc) is 2.78. The number of aliphatic hydroxyl groups excluding tert-OH is 1. The van der Waals surface area contributed by atoms with Gasteiger partial charge >= 0.3 is 0 Å². The molecule has 3 rings (SSSR count). The topological polar surface area (TPSA) is 78.4 Å². The monoisotopic (exact) mass is 440 g/mol. The van der Waals surface area contributed by atoms with Gasteiger partial charge < -0.3 is 10.0 Å². The molecule has 0 bridgehead atoms. The third-order valence-corrected chi connectivity index (χ3v) is 5.14. The first-order valence-corrected chi connectivity index (χ1v) is 10.3. The van der Waals surface area contributed by atoms with Crippen molar-refractivity contribution in [2.75, 3.05) is 11.9 Å². The number of nitrogens with zero attached hydrogens (tertiary/aromatic N) is 3. The van der Waals surface area contributed by atoms with Crippen molar-refractivity contribution in [3.05, 3.63) is 77.9 Å². The zero-order valence-electron chi connectivity index (χ0n) is 18.4. The number of hydrogen-bond acceptors (Lipinski definition) is 5. The van der Waals surface area contributed by atoms with Crippen LogP contribution in [0.2, 0.25) is 0 Å². The van der Waals surface area contributed by atoms with Crippen molar-refractivity contribution in [2.24, 2.45) is 5.92 Å². The van der Waals surface area contributed by atoms with Gasteiger partial charge in [-0.05, 0) is 48.4 Å². The summed E-state index contributed by atoms with van der Waals surface area (Å²) < 4.78 is 27.9. The number of amides is 1. The summed E-state index contributed by atoms with van der Waals surface area (Å²) in [6.07, 6.45) is 3.57. The molecule has 1 aromatic heterocycles. The van der Waals surface area contributed by atoms with Crippen molar-refractivity contribution in [1.29, 1.82) is 0 Å². The van der Waals surface area contributed by atoms with Crippen molar-refractivity contribution >= 4 is 11.6 Å². The van der Waals surface area contributed by atoms with E-state index in [1.165, 1.54) is 17.0 Å². The first-order valence-electron chi connectivity index (χ1n) is 10.3. The van der Waals surface area contributed by atoms with Crippen molar-refractivity contribution in [3.63, 3.8) is 0 Å². The van der Waals surface area contributed by atoms with Crippen LogP contribution in [0.1, 0.15) is 44.3 Å². The maximum atomic E-state index is 14.5. The van der Waals surface area contributed by atoms with Crippen LogP contribution in [-0.4, -0.2) is 28.0 Å². The molecule has 2 atom stereocenters. The largest absolute Gasteiger partial charge is 0.374 e. The van der Waals surface area contributed by atoms with Gasteiger partial charge in [0.2, 0.25) is 5.91 Å². The van der Waals surface area contributed by atoms with E-state index in [0.717, 1.165) is 6.07 Å². The first kappa shape index (κ1) is 23.4. The van der Waals surface area contributed by atoms with E-state index in [0.29, 0.717) is 22.5 Å². The van der Waals surface area contributed by atoms with Gasteiger partial charge in [0.15, 0.2) is 0 Å². The lowest BCUT2D eigenvalue weighted by molar-refractivity contribution is -0.121. The molecule has 2 aromatic carbocycles. The third kappa shape index (κ3) is 5.33. The van der Waals surface area contributed by atoms with Gasteiger partial charge in [-0.1, -0.05) is 13.8 Å². The summed E-state index contributed by atoms with van der Waals surface area (Å²) in [5.74, 6) is -1.81. The number of carbonyl (C=O) groups is 1. The van der Waals surface area contributed by atoms with Crippen molar-refractivity contribution in [2.45, 2.75) is 33.0 Å². The van der Waals surface area contributed by atoms with E-state index < -0.39 is 17.9 Å². The average molecular weight is 440 g/mol. The summed E-state index contributed by atoms with van der Waals surface area (Å²) in [5.41, 5.74) is 2.10. The molecule has 2 unspecified atom stereocenters. The van der Waals surface area contributed by atoms with Gasteiger partial charge in [-0.2, -0.15) is 0 Å². The van der Waals surface area contributed by atoms with Crippen molar-refractivity contribution < 1.29 is 18.7 Å².